The molecule has 0 aliphatic rings. The Balaban J connectivity index is 3.25. The predicted molar refractivity (Wildman–Crippen MR) is 100 cm³/mol. The summed E-state index contributed by atoms with van der Waals surface area (Å²) in [5.41, 5.74) is 0.501. The zero-order chi connectivity index (χ0) is 19.5. The van der Waals surface area contributed by atoms with Gasteiger partial charge in [0.2, 0.25) is 0 Å². The second kappa shape index (κ2) is 7.73. The van der Waals surface area contributed by atoms with Crippen molar-refractivity contribution >= 4 is 33.8 Å². The number of amidine groups is 1. The van der Waals surface area contributed by atoms with Crippen LogP contribution in [0.3, 0.4) is 0 Å². The van der Waals surface area contributed by atoms with Crippen molar-refractivity contribution in [3.8, 4) is 0 Å². The number of nitrogens with one attached hydrogen (secondary N) is 1. The molecule has 9 heteroatoms. The van der Waals surface area contributed by atoms with Gasteiger partial charge in [-0.1, -0.05) is 57.5 Å². The summed E-state index contributed by atoms with van der Waals surface area (Å²) in [6.07, 6.45) is -5.08. The van der Waals surface area contributed by atoms with E-state index >= 15 is 0 Å². The van der Waals surface area contributed by atoms with Crippen molar-refractivity contribution in [3.63, 3.8) is 0 Å². The number of esters is 1. The third-order valence-electron chi connectivity index (χ3n) is 3.33. The fraction of sp³-hybridized carbons (Fsp3) is 0.500. The largest absolute Gasteiger partial charge is 0.491 e. The van der Waals surface area contributed by atoms with Gasteiger partial charge in [-0.3, -0.25) is 0 Å². The van der Waals surface area contributed by atoms with Gasteiger partial charge in [0.25, 0.3) is 6.02 Å². The van der Waals surface area contributed by atoms with Crippen LogP contribution >= 0.6 is 0 Å². The number of anilines is 1. The first-order chi connectivity index (χ1) is 11.2. The van der Waals surface area contributed by atoms with Crippen molar-refractivity contribution in [2.75, 3.05) is 5.32 Å². The molecule has 0 radical (unpaired) electrons. The summed E-state index contributed by atoms with van der Waals surface area (Å²) >= 11 is 0. The van der Waals surface area contributed by atoms with Crippen LogP contribution in [0.4, 0.5) is 18.9 Å². The maximum Gasteiger partial charge on any atom is 0.491 e. The minimum absolute atomic E-state index is 0.118. The summed E-state index contributed by atoms with van der Waals surface area (Å²) in [4.78, 5) is 15.8. The number of hydrogen-bond donors (Lipinski definition) is 1. The van der Waals surface area contributed by atoms with E-state index in [9.17, 15) is 18.0 Å². The molecule has 0 fully saturated rings. The molecule has 0 spiro atoms. The number of para-hydroxylation sites is 1. The zero-order valence-corrected chi connectivity index (χ0v) is 17.4. The van der Waals surface area contributed by atoms with E-state index in [4.69, 9.17) is 0 Å². The van der Waals surface area contributed by atoms with Gasteiger partial charge in [-0.05, 0) is 12.1 Å². The van der Waals surface area contributed by atoms with Crippen LogP contribution in [-0.4, -0.2) is 39.6 Å². The molecule has 0 saturated carbocycles. The lowest BCUT2D eigenvalue weighted by Gasteiger charge is -2.35. The summed E-state index contributed by atoms with van der Waals surface area (Å²) in [7, 11) is -3.67. The number of halogens is 3. The molecule has 0 aliphatic heterocycles. The third kappa shape index (κ3) is 7.03. The second-order valence-electron chi connectivity index (χ2n) is 7.95. The minimum atomic E-state index is -5.08. The fourth-order valence-corrected chi connectivity index (χ4v) is 14.1. The predicted octanol–water partition coefficient (Wildman–Crippen LogP) is 4.68. The number of carbonyl (C=O) groups excluding carboxylic acids is 1. The lowest BCUT2D eigenvalue weighted by Crippen LogP contribution is -2.53. The Hall–Kier alpha value is -1.62. The first-order valence-corrected chi connectivity index (χ1v) is 15.1. The highest BCUT2D eigenvalue weighted by atomic mass is 28.4. The van der Waals surface area contributed by atoms with E-state index in [1.807, 2.05) is 0 Å². The van der Waals surface area contributed by atoms with Crippen molar-refractivity contribution in [3.05, 3.63) is 30.3 Å². The van der Waals surface area contributed by atoms with Gasteiger partial charge in [0.1, 0.15) is 0 Å². The smallest absolute Gasteiger partial charge is 0.386 e. The highest BCUT2D eigenvalue weighted by Gasteiger charge is 2.43. The number of ether oxygens (including phenoxy) is 1. The van der Waals surface area contributed by atoms with E-state index in [-0.39, 0.29) is 5.29 Å². The number of benzene rings is 1. The van der Waals surface area contributed by atoms with Crippen LogP contribution in [0.5, 0.6) is 0 Å². The van der Waals surface area contributed by atoms with Crippen LogP contribution in [0.15, 0.2) is 35.3 Å². The number of rotatable bonds is 4. The molecule has 0 aromatic heterocycles. The third-order valence-corrected chi connectivity index (χ3v) is 12.1. The SMILES string of the molecule is C[Si](C)(C)C(/N=C(\Nc1ccccc1)OC(=O)C(F)(F)F)[Si](C)(C)C. The van der Waals surface area contributed by atoms with E-state index in [0.29, 0.717) is 5.69 Å². The number of carbonyl (C=O) groups is 1. The van der Waals surface area contributed by atoms with E-state index in [1.165, 1.54) is 0 Å². The molecule has 1 aromatic carbocycles. The van der Waals surface area contributed by atoms with Crippen LogP contribution in [0.2, 0.25) is 39.3 Å². The molecular weight excluding hydrogens is 365 g/mol. The molecule has 0 bridgehead atoms. The molecule has 0 saturated heterocycles. The van der Waals surface area contributed by atoms with Crippen LogP contribution in [0.25, 0.3) is 0 Å². The van der Waals surface area contributed by atoms with Gasteiger partial charge in [0.15, 0.2) is 0 Å². The molecule has 1 aromatic rings. The summed E-state index contributed by atoms with van der Waals surface area (Å²) in [6, 6.07) is 8.14. The average Bonchev–Trinajstić information content (AvgIpc) is 2.42. The number of aliphatic imine (C=N–C) groups is 1. The van der Waals surface area contributed by atoms with Gasteiger partial charge in [-0.2, -0.15) is 13.2 Å². The quantitative estimate of drug-likeness (QED) is 0.351. The van der Waals surface area contributed by atoms with Gasteiger partial charge < -0.3 is 10.1 Å². The van der Waals surface area contributed by atoms with Gasteiger partial charge in [0.05, 0.1) is 16.1 Å². The van der Waals surface area contributed by atoms with E-state index in [2.05, 4.69) is 54.3 Å². The first-order valence-electron chi connectivity index (χ1n) is 7.90. The monoisotopic (exact) mass is 390 g/mol. The standard InChI is InChI=1S/C16H25F3N2O2Si2/c1-24(2,3)15(25(4,5)6)21-14(23-13(22)16(17,18)19)20-12-10-8-7-9-11-12/h7-11,15H,1-6H3,(H,20,21). The van der Waals surface area contributed by atoms with Crippen LogP contribution in [0, 0.1) is 0 Å². The molecule has 140 valence electrons. The number of alkyl halides is 3. The topological polar surface area (TPSA) is 50.7 Å². The fourth-order valence-electron chi connectivity index (χ4n) is 2.68. The molecule has 1 N–H and O–H groups in total. The van der Waals surface area contributed by atoms with Crippen LogP contribution in [0.1, 0.15) is 0 Å². The Kier molecular flexibility index (Phi) is 6.63. The lowest BCUT2D eigenvalue weighted by atomic mass is 10.3. The highest BCUT2D eigenvalue weighted by molar-refractivity contribution is 6.96. The maximum absolute atomic E-state index is 12.6. The highest BCUT2D eigenvalue weighted by Crippen LogP contribution is 2.24. The van der Waals surface area contributed by atoms with Crippen molar-refractivity contribution < 1.29 is 22.7 Å². The average molecular weight is 391 g/mol. The number of nitrogens with zero attached hydrogens (tertiary/aromatic N) is 1. The van der Waals surface area contributed by atoms with E-state index in [1.54, 1.807) is 30.3 Å². The zero-order valence-electron chi connectivity index (χ0n) is 15.4. The van der Waals surface area contributed by atoms with Crippen molar-refractivity contribution in [2.24, 2.45) is 4.99 Å². The molecule has 0 unspecified atom stereocenters. The number of hydrogen-bond acceptors (Lipinski definition) is 3. The Bertz CT molecular complexity index is 607. The normalized spacial score (nSPS) is 13.8. The Labute approximate surface area is 148 Å². The molecule has 0 amide bonds. The molecule has 0 heterocycles. The first kappa shape index (κ1) is 21.4. The summed E-state index contributed by atoms with van der Waals surface area (Å²) in [5, 5.41) is 2.59. The van der Waals surface area contributed by atoms with Crippen molar-refractivity contribution in [1.29, 1.82) is 0 Å². The summed E-state index contributed by atoms with van der Waals surface area (Å²) in [6.45, 7) is 12.6. The van der Waals surface area contributed by atoms with Crippen molar-refractivity contribution in [1.82, 2.24) is 0 Å². The van der Waals surface area contributed by atoms with Crippen LogP contribution in [-0.2, 0) is 9.53 Å². The maximum atomic E-state index is 12.6. The Morgan fingerprint density at radius 1 is 1.04 bits per heavy atom. The lowest BCUT2D eigenvalue weighted by molar-refractivity contribution is -0.191. The molecule has 1 rings (SSSR count). The summed E-state index contributed by atoms with van der Waals surface area (Å²) in [5.74, 6) is -2.28. The minimum Gasteiger partial charge on any atom is -0.386 e. The molecule has 0 atom stereocenters. The van der Waals surface area contributed by atoms with Gasteiger partial charge in [-0.15, -0.1) is 0 Å². The Morgan fingerprint density at radius 2 is 1.52 bits per heavy atom. The van der Waals surface area contributed by atoms with Crippen molar-refractivity contribution in [2.45, 2.75) is 50.7 Å². The van der Waals surface area contributed by atoms with E-state index < -0.39 is 34.3 Å². The molecule has 4 nitrogen and oxygen atoms in total. The van der Waals surface area contributed by atoms with Gasteiger partial charge in [-0.25, -0.2) is 9.79 Å². The summed E-state index contributed by atoms with van der Waals surface area (Å²) < 4.78 is 42.4. The van der Waals surface area contributed by atoms with Gasteiger partial charge >= 0.3 is 12.1 Å². The molecule has 25 heavy (non-hydrogen) atoms. The van der Waals surface area contributed by atoms with Gasteiger partial charge in [0, 0.05) is 11.0 Å². The van der Waals surface area contributed by atoms with E-state index in [0.717, 1.165) is 0 Å². The Morgan fingerprint density at radius 3 is 1.92 bits per heavy atom. The van der Waals surface area contributed by atoms with Crippen LogP contribution < -0.4 is 5.32 Å². The molecular formula is C16H25F3N2O2Si2. The molecule has 0 aliphatic carbocycles. The second-order valence-corrected chi connectivity index (χ2v) is 19.1.